The Morgan fingerprint density at radius 2 is 1.84 bits per heavy atom. The molecule has 2 heterocycles. The number of ether oxygens (including phenoxy) is 1. The van der Waals surface area contributed by atoms with Gasteiger partial charge < -0.3 is 10.1 Å². The first-order chi connectivity index (χ1) is 12.3. The third kappa shape index (κ3) is 3.40. The molecule has 0 fully saturated rings. The van der Waals surface area contributed by atoms with Gasteiger partial charge in [-0.3, -0.25) is 0 Å². The lowest BCUT2D eigenvalue weighted by Gasteiger charge is -2.12. The molecule has 0 aliphatic carbocycles. The van der Waals surface area contributed by atoms with Crippen molar-refractivity contribution in [1.82, 2.24) is 25.3 Å². The van der Waals surface area contributed by atoms with Gasteiger partial charge in [0.25, 0.3) is 0 Å². The molecule has 4 rings (SSSR count). The first kappa shape index (κ1) is 15.1. The van der Waals surface area contributed by atoms with Crippen LogP contribution in [0, 0.1) is 6.92 Å². The van der Waals surface area contributed by atoms with E-state index < -0.39 is 0 Å². The molecule has 2 aromatic heterocycles. The maximum absolute atomic E-state index is 6.01. The number of para-hydroxylation sites is 1. The molecule has 0 aliphatic rings. The number of nitrogens with zero attached hydrogens (tertiary/aromatic N) is 5. The zero-order chi connectivity index (χ0) is 17.1. The second-order valence-corrected chi connectivity index (χ2v) is 5.62. The Balaban J connectivity index is 1.51. The number of benzene rings is 2. The average Bonchev–Trinajstić information content (AvgIpc) is 3.11. The molecule has 0 saturated heterocycles. The van der Waals surface area contributed by atoms with Gasteiger partial charge in [-0.1, -0.05) is 35.9 Å². The van der Waals surface area contributed by atoms with E-state index in [0.29, 0.717) is 18.0 Å². The fourth-order valence-corrected chi connectivity index (χ4v) is 2.41. The highest BCUT2D eigenvalue weighted by atomic mass is 16.5. The summed E-state index contributed by atoms with van der Waals surface area (Å²) in [7, 11) is 0. The first-order valence-corrected chi connectivity index (χ1v) is 7.90. The number of hydrogen-bond acceptors (Lipinski definition) is 6. The molecule has 0 atom stereocenters. The Morgan fingerprint density at radius 1 is 1.00 bits per heavy atom. The Labute approximate surface area is 144 Å². The van der Waals surface area contributed by atoms with Crippen molar-refractivity contribution >= 4 is 11.5 Å². The second kappa shape index (κ2) is 6.56. The molecule has 0 amide bonds. The van der Waals surface area contributed by atoms with Crippen LogP contribution >= 0.6 is 0 Å². The zero-order valence-electron chi connectivity index (χ0n) is 13.6. The summed E-state index contributed by atoms with van der Waals surface area (Å²) in [4.78, 5) is 0. The van der Waals surface area contributed by atoms with Crippen LogP contribution in [0.15, 0.2) is 60.7 Å². The van der Waals surface area contributed by atoms with Crippen LogP contribution < -0.4 is 10.1 Å². The van der Waals surface area contributed by atoms with Crippen molar-refractivity contribution in [1.29, 1.82) is 0 Å². The smallest absolute Gasteiger partial charge is 0.200 e. The number of aryl methyl sites for hydroxylation is 1. The highest BCUT2D eigenvalue weighted by molar-refractivity contribution is 5.44. The monoisotopic (exact) mass is 332 g/mol. The Bertz CT molecular complexity index is 996. The summed E-state index contributed by atoms with van der Waals surface area (Å²) in [6.07, 6.45) is 0. The van der Waals surface area contributed by atoms with Gasteiger partial charge in [0.05, 0.1) is 0 Å². The molecule has 7 nitrogen and oxygen atoms in total. The maximum Gasteiger partial charge on any atom is 0.200 e. The van der Waals surface area contributed by atoms with Gasteiger partial charge >= 0.3 is 0 Å². The van der Waals surface area contributed by atoms with E-state index in [0.717, 1.165) is 17.1 Å². The van der Waals surface area contributed by atoms with Crippen LogP contribution in [0.1, 0.15) is 11.1 Å². The van der Waals surface area contributed by atoms with E-state index in [1.54, 1.807) is 0 Å². The molecule has 1 N–H and O–H groups in total. The highest BCUT2D eigenvalue weighted by Gasteiger charge is 2.06. The van der Waals surface area contributed by atoms with Gasteiger partial charge in [-0.25, -0.2) is 0 Å². The number of anilines is 1. The van der Waals surface area contributed by atoms with Crippen molar-refractivity contribution in [3.05, 3.63) is 71.8 Å². The summed E-state index contributed by atoms with van der Waals surface area (Å²) in [5, 5.41) is 18.8. The van der Waals surface area contributed by atoms with Gasteiger partial charge in [0.2, 0.25) is 0 Å². The van der Waals surface area contributed by atoms with E-state index in [1.165, 1.54) is 10.2 Å². The number of hydrogen-bond donors (Lipinski definition) is 1. The summed E-state index contributed by atoms with van der Waals surface area (Å²) in [5.41, 5.74) is 2.83. The van der Waals surface area contributed by atoms with E-state index in [2.05, 4.69) is 32.9 Å². The minimum Gasteiger partial charge on any atom is -0.457 e. The van der Waals surface area contributed by atoms with E-state index in [-0.39, 0.29) is 0 Å². The molecule has 7 heteroatoms. The van der Waals surface area contributed by atoms with Crippen LogP contribution in [0.2, 0.25) is 0 Å². The molecule has 0 spiro atoms. The van der Waals surface area contributed by atoms with Gasteiger partial charge in [0.15, 0.2) is 5.65 Å². The van der Waals surface area contributed by atoms with Crippen LogP contribution in [0.3, 0.4) is 0 Å². The Hall–Kier alpha value is -3.48. The van der Waals surface area contributed by atoms with Crippen molar-refractivity contribution in [3.8, 4) is 11.5 Å². The predicted molar refractivity (Wildman–Crippen MR) is 93.6 cm³/mol. The number of rotatable bonds is 5. The molecule has 0 saturated carbocycles. The van der Waals surface area contributed by atoms with Gasteiger partial charge in [-0.2, -0.15) is 0 Å². The van der Waals surface area contributed by atoms with E-state index in [4.69, 9.17) is 4.74 Å². The molecule has 0 unspecified atom stereocenters. The molecule has 124 valence electrons. The minimum absolute atomic E-state index is 0.572. The maximum atomic E-state index is 6.01. The molecule has 0 radical (unpaired) electrons. The largest absolute Gasteiger partial charge is 0.457 e. The van der Waals surface area contributed by atoms with Gasteiger partial charge in [-0.15, -0.1) is 14.8 Å². The SMILES string of the molecule is Cc1ccc(Oc2ccccc2CNc2ccc3nnnn3n2)cc1. The standard InChI is InChI=1S/C18H16N6O/c1-13-6-8-15(9-7-13)25-16-5-3-2-4-14(16)12-19-17-10-11-18-20-22-23-24(18)21-17/h2-11H,12H2,1H3,(H,19,21). The third-order valence-corrected chi connectivity index (χ3v) is 3.75. The van der Waals surface area contributed by atoms with Gasteiger partial charge in [-0.05, 0) is 47.7 Å². The van der Waals surface area contributed by atoms with E-state index in [1.807, 2.05) is 60.7 Å². The topological polar surface area (TPSA) is 77.2 Å². The molecule has 0 aliphatic heterocycles. The molecule has 4 aromatic rings. The van der Waals surface area contributed by atoms with Crippen molar-refractivity contribution in [2.45, 2.75) is 13.5 Å². The minimum atomic E-state index is 0.572. The van der Waals surface area contributed by atoms with Crippen LogP contribution in [-0.2, 0) is 6.54 Å². The third-order valence-electron chi connectivity index (χ3n) is 3.75. The lowest BCUT2D eigenvalue weighted by molar-refractivity contribution is 0.477. The van der Waals surface area contributed by atoms with Crippen molar-refractivity contribution in [2.24, 2.45) is 0 Å². The summed E-state index contributed by atoms with van der Waals surface area (Å²) in [6, 6.07) is 19.6. The second-order valence-electron chi connectivity index (χ2n) is 5.62. The molecule has 0 bridgehead atoms. The van der Waals surface area contributed by atoms with Crippen LogP contribution in [0.25, 0.3) is 5.65 Å². The summed E-state index contributed by atoms with van der Waals surface area (Å²) in [6.45, 7) is 2.62. The molecule has 25 heavy (non-hydrogen) atoms. The number of nitrogens with one attached hydrogen (secondary N) is 1. The van der Waals surface area contributed by atoms with E-state index >= 15 is 0 Å². The number of fused-ring (bicyclic) bond motifs is 1. The van der Waals surface area contributed by atoms with Crippen LogP contribution in [0.4, 0.5) is 5.82 Å². The first-order valence-electron chi connectivity index (χ1n) is 7.90. The Morgan fingerprint density at radius 3 is 2.72 bits per heavy atom. The lowest BCUT2D eigenvalue weighted by Crippen LogP contribution is -2.05. The lowest BCUT2D eigenvalue weighted by atomic mass is 10.2. The van der Waals surface area contributed by atoms with Crippen molar-refractivity contribution in [2.75, 3.05) is 5.32 Å². The fourth-order valence-electron chi connectivity index (χ4n) is 2.41. The zero-order valence-corrected chi connectivity index (χ0v) is 13.6. The Kier molecular flexibility index (Phi) is 3.96. The predicted octanol–water partition coefficient (Wildman–Crippen LogP) is 3.23. The van der Waals surface area contributed by atoms with Crippen molar-refractivity contribution in [3.63, 3.8) is 0 Å². The summed E-state index contributed by atoms with van der Waals surface area (Å²) in [5.74, 6) is 2.30. The number of aromatic nitrogens is 5. The molecular formula is C18H16N6O. The highest BCUT2D eigenvalue weighted by Crippen LogP contribution is 2.26. The molecular weight excluding hydrogens is 316 g/mol. The fraction of sp³-hybridized carbons (Fsp3) is 0.111. The van der Waals surface area contributed by atoms with E-state index in [9.17, 15) is 0 Å². The van der Waals surface area contributed by atoms with Crippen LogP contribution in [-0.4, -0.2) is 25.3 Å². The summed E-state index contributed by atoms with van der Waals surface area (Å²) >= 11 is 0. The quantitative estimate of drug-likeness (QED) is 0.604. The average molecular weight is 332 g/mol. The summed E-state index contributed by atoms with van der Waals surface area (Å²) < 4.78 is 7.40. The van der Waals surface area contributed by atoms with Gasteiger partial charge in [0.1, 0.15) is 17.3 Å². The van der Waals surface area contributed by atoms with Crippen LogP contribution in [0.5, 0.6) is 11.5 Å². The van der Waals surface area contributed by atoms with Gasteiger partial charge in [0, 0.05) is 12.1 Å². The normalized spacial score (nSPS) is 10.8. The van der Waals surface area contributed by atoms with Crippen molar-refractivity contribution < 1.29 is 4.74 Å². The number of tetrazole rings is 1. The molecule has 2 aromatic carbocycles.